The molecule has 1 aliphatic heterocycles. The predicted molar refractivity (Wildman–Crippen MR) is 133 cm³/mol. The normalized spacial score (nSPS) is 14.1. The van der Waals surface area contributed by atoms with E-state index in [1.54, 1.807) is 12.3 Å². The summed E-state index contributed by atoms with van der Waals surface area (Å²) >= 11 is 0. The maximum absolute atomic E-state index is 13.3. The number of nitrogens with zero attached hydrogens (tertiary/aromatic N) is 3. The van der Waals surface area contributed by atoms with Gasteiger partial charge in [-0.2, -0.15) is 4.31 Å². The first-order valence-corrected chi connectivity index (χ1v) is 12.6. The number of carbonyl (C=O) groups is 1. The molecule has 1 saturated heterocycles. The van der Waals surface area contributed by atoms with Crippen LogP contribution >= 0.6 is 0 Å². The second-order valence-corrected chi connectivity index (χ2v) is 10.1. The van der Waals surface area contributed by atoms with Crippen molar-refractivity contribution in [3.05, 3.63) is 78.0 Å². The average molecular weight is 497 g/mol. The molecule has 10 heteroatoms. The highest BCUT2D eigenvalue weighted by Crippen LogP contribution is 2.28. The fourth-order valence-corrected chi connectivity index (χ4v) is 5.11. The average Bonchev–Trinajstić information content (AvgIpc) is 2.89. The van der Waals surface area contributed by atoms with Crippen LogP contribution in [0, 0.1) is 0 Å². The highest BCUT2D eigenvalue weighted by atomic mass is 32.2. The molecule has 9 nitrogen and oxygen atoms in total. The van der Waals surface area contributed by atoms with Crippen molar-refractivity contribution in [3.8, 4) is 5.75 Å². The summed E-state index contributed by atoms with van der Waals surface area (Å²) in [5.41, 5.74) is 1.97. The zero-order valence-corrected chi connectivity index (χ0v) is 20.5. The van der Waals surface area contributed by atoms with Gasteiger partial charge >= 0.3 is 0 Å². The molecule has 0 aliphatic carbocycles. The summed E-state index contributed by atoms with van der Waals surface area (Å²) < 4.78 is 38.5. The van der Waals surface area contributed by atoms with Crippen molar-refractivity contribution in [1.82, 2.24) is 9.29 Å². The standard InChI is InChI=1S/C25H28N4O5S/c1-28(18-19-6-4-3-5-7-19)35(31,32)23-16-20(8-10-22(23)33-2)25(30)27-24-11-9-21(17-26-24)29-12-14-34-15-13-29/h3-11,16-17H,12-15,18H2,1-2H3,(H,26,27,30). The van der Waals surface area contributed by atoms with Crippen LogP contribution in [0.4, 0.5) is 11.5 Å². The van der Waals surface area contributed by atoms with Gasteiger partial charge in [0.1, 0.15) is 16.5 Å². The second-order valence-electron chi connectivity index (χ2n) is 8.07. The molecule has 4 rings (SSSR count). The molecule has 1 amide bonds. The van der Waals surface area contributed by atoms with E-state index in [1.165, 1.54) is 36.7 Å². The number of nitrogens with one attached hydrogen (secondary N) is 1. The molecular formula is C25H28N4O5S. The summed E-state index contributed by atoms with van der Waals surface area (Å²) in [5, 5.41) is 2.73. The Kier molecular flexibility index (Phi) is 7.64. The molecule has 1 fully saturated rings. The van der Waals surface area contributed by atoms with Crippen molar-refractivity contribution in [2.24, 2.45) is 0 Å². The SMILES string of the molecule is COc1ccc(C(=O)Nc2ccc(N3CCOCC3)cn2)cc1S(=O)(=O)N(C)Cc1ccccc1. The maximum atomic E-state index is 13.3. The third-order valence-corrected chi connectivity index (χ3v) is 7.55. The number of morpholine rings is 1. The lowest BCUT2D eigenvalue weighted by Gasteiger charge is -2.28. The number of aromatic nitrogens is 1. The van der Waals surface area contributed by atoms with Crippen LogP contribution in [0.25, 0.3) is 0 Å². The van der Waals surface area contributed by atoms with Crippen molar-refractivity contribution in [3.63, 3.8) is 0 Å². The Morgan fingerprint density at radius 1 is 1.11 bits per heavy atom. The largest absolute Gasteiger partial charge is 0.495 e. The summed E-state index contributed by atoms with van der Waals surface area (Å²) in [4.78, 5) is 19.3. The van der Waals surface area contributed by atoms with E-state index in [1.807, 2.05) is 36.4 Å². The van der Waals surface area contributed by atoms with E-state index < -0.39 is 15.9 Å². The predicted octanol–water partition coefficient (Wildman–Crippen LogP) is 3.00. The van der Waals surface area contributed by atoms with Gasteiger partial charge in [-0.05, 0) is 35.9 Å². The molecule has 35 heavy (non-hydrogen) atoms. The smallest absolute Gasteiger partial charge is 0.256 e. The van der Waals surface area contributed by atoms with Crippen molar-refractivity contribution in [2.45, 2.75) is 11.4 Å². The van der Waals surface area contributed by atoms with Crippen molar-refractivity contribution >= 4 is 27.4 Å². The fourth-order valence-electron chi connectivity index (χ4n) is 3.77. The van der Waals surface area contributed by atoms with Gasteiger partial charge in [0.05, 0.1) is 32.2 Å². The number of carbonyl (C=O) groups excluding carboxylic acids is 1. The van der Waals surface area contributed by atoms with Crippen LogP contribution in [-0.4, -0.2) is 64.1 Å². The van der Waals surface area contributed by atoms with Crippen LogP contribution < -0.4 is 15.0 Å². The molecule has 2 heterocycles. The Morgan fingerprint density at radius 3 is 2.51 bits per heavy atom. The zero-order chi connectivity index (χ0) is 24.8. The molecule has 0 bridgehead atoms. The van der Waals surface area contributed by atoms with Gasteiger partial charge in [0.2, 0.25) is 10.0 Å². The Hall–Kier alpha value is -3.47. The minimum absolute atomic E-state index is 0.0818. The van der Waals surface area contributed by atoms with Crippen LogP contribution in [0.5, 0.6) is 5.75 Å². The summed E-state index contributed by atoms with van der Waals surface area (Å²) in [7, 11) is -1.04. The van der Waals surface area contributed by atoms with Crippen molar-refractivity contribution in [2.75, 3.05) is 50.7 Å². The van der Waals surface area contributed by atoms with Crippen LogP contribution in [-0.2, 0) is 21.3 Å². The summed E-state index contributed by atoms with van der Waals surface area (Å²) in [5.74, 6) is 0.0596. The van der Waals surface area contributed by atoms with Gasteiger partial charge in [-0.25, -0.2) is 13.4 Å². The third-order valence-electron chi connectivity index (χ3n) is 5.73. The van der Waals surface area contributed by atoms with E-state index in [0.717, 1.165) is 24.3 Å². The van der Waals surface area contributed by atoms with Gasteiger partial charge in [-0.3, -0.25) is 4.79 Å². The number of sulfonamides is 1. The minimum atomic E-state index is -3.93. The van der Waals surface area contributed by atoms with Crippen molar-refractivity contribution < 1.29 is 22.7 Å². The molecule has 1 aromatic heterocycles. The Labute approximate surface area is 205 Å². The van der Waals surface area contributed by atoms with Gasteiger partial charge in [-0.15, -0.1) is 0 Å². The second kappa shape index (κ2) is 10.9. The Morgan fingerprint density at radius 2 is 1.86 bits per heavy atom. The molecule has 0 unspecified atom stereocenters. The first-order valence-electron chi connectivity index (χ1n) is 11.2. The summed E-state index contributed by atoms with van der Waals surface area (Å²) in [6.07, 6.45) is 1.70. The molecule has 3 aromatic rings. The number of ether oxygens (including phenoxy) is 2. The first-order chi connectivity index (χ1) is 16.9. The summed E-state index contributed by atoms with van der Waals surface area (Å²) in [6, 6.07) is 17.2. The highest BCUT2D eigenvalue weighted by molar-refractivity contribution is 7.89. The zero-order valence-electron chi connectivity index (χ0n) is 19.7. The monoisotopic (exact) mass is 496 g/mol. The number of amides is 1. The van der Waals surface area contributed by atoms with E-state index in [9.17, 15) is 13.2 Å². The minimum Gasteiger partial charge on any atom is -0.495 e. The number of methoxy groups -OCH3 is 1. The van der Waals surface area contributed by atoms with E-state index in [-0.39, 0.29) is 22.8 Å². The molecule has 0 saturated carbocycles. The molecule has 2 aromatic carbocycles. The van der Waals surface area contributed by atoms with E-state index in [0.29, 0.717) is 19.0 Å². The van der Waals surface area contributed by atoms with E-state index >= 15 is 0 Å². The van der Waals surface area contributed by atoms with E-state index in [4.69, 9.17) is 9.47 Å². The van der Waals surface area contributed by atoms with Crippen molar-refractivity contribution in [1.29, 1.82) is 0 Å². The molecule has 1 N–H and O–H groups in total. The highest BCUT2D eigenvalue weighted by Gasteiger charge is 2.26. The Bertz CT molecular complexity index is 1260. The molecule has 184 valence electrons. The van der Waals surface area contributed by atoms with Crippen LogP contribution in [0.15, 0.2) is 71.8 Å². The number of hydrogen-bond acceptors (Lipinski definition) is 7. The van der Waals surface area contributed by atoms with Crippen LogP contribution in [0.3, 0.4) is 0 Å². The lowest BCUT2D eigenvalue weighted by molar-refractivity contribution is 0.102. The first kappa shape index (κ1) is 24.6. The number of benzene rings is 2. The number of hydrogen-bond donors (Lipinski definition) is 1. The fraction of sp³-hybridized carbons (Fsp3) is 0.280. The molecule has 0 atom stereocenters. The maximum Gasteiger partial charge on any atom is 0.256 e. The number of rotatable bonds is 8. The lowest BCUT2D eigenvalue weighted by Crippen LogP contribution is -2.36. The van der Waals surface area contributed by atoms with Crippen LogP contribution in [0.2, 0.25) is 0 Å². The lowest BCUT2D eigenvalue weighted by atomic mass is 10.2. The Balaban J connectivity index is 1.52. The van der Waals surface area contributed by atoms with Gasteiger partial charge in [0.25, 0.3) is 5.91 Å². The van der Waals surface area contributed by atoms with Crippen LogP contribution in [0.1, 0.15) is 15.9 Å². The summed E-state index contributed by atoms with van der Waals surface area (Å²) in [6.45, 7) is 3.09. The van der Waals surface area contributed by atoms with Gasteiger partial charge < -0.3 is 19.7 Å². The molecular weight excluding hydrogens is 468 g/mol. The number of pyridine rings is 1. The van der Waals surface area contributed by atoms with Gasteiger partial charge in [-0.1, -0.05) is 30.3 Å². The number of anilines is 2. The quantitative estimate of drug-likeness (QED) is 0.512. The molecule has 0 spiro atoms. The molecule has 0 radical (unpaired) electrons. The van der Waals surface area contributed by atoms with Gasteiger partial charge in [0, 0.05) is 32.2 Å². The van der Waals surface area contributed by atoms with Gasteiger partial charge in [0.15, 0.2) is 0 Å². The molecule has 1 aliphatic rings. The topological polar surface area (TPSA) is 101 Å². The van der Waals surface area contributed by atoms with E-state index in [2.05, 4.69) is 15.2 Å². The third kappa shape index (κ3) is 5.79.